The van der Waals surface area contributed by atoms with E-state index in [1.165, 1.54) is 0 Å². The van der Waals surface area contributed by atoms with E-state index in [1.54, 1.807) is 29.9 Å². The van der Waals surface area contributed by atoms with Crippen LogP contribution in [0.2, 0.25) is 0 Å². The first-order valence-corrected chi connectivity index (χ1v) is 6.64. The van der Waals surface area contributed by atoms with E-state index >= 15 is 0 Å². The fourth-order valence-electron chi connectivity index (χ4n) is 2.87. The molecule has 0 aliphatic heterocycles. The summed E-state index contributed by atoms with van der Waals surface area (Å²) in [7, 11) is 1.77. The highest BCUT2D eigenvalue weighted by molar-refractivity contribution is 5.96. The summed E-state index contributed by atoms with van der Waals surface area (Å²) >= 11 is 0. The predicted molar refractivity (Wildman–Crippen MR) is 70.9 cm³/mol. The molecule has 0 saturated heterocycles. The van der Waals surface area contributed by atoms with Crippen molar-refractivity contribution in [1.29, 1.82) is 0 Å². The van der Waals surface area contributed by atoms with Gasteiger partial charge in [-0.25, -0.2) is 4.79 Å². The minimum absolute atomic E-state index is 0.0528. The normalized spacial score (nSPS) is 26.9. The Morgan fingerprint density at radius 1 is 1.47 bits per heavy atom. The van der Waals surface area contributed by atoms with Gasteiger partial charge in [-0.1, -0.05) is 19.8 Å². The van der Waals surface area contributed by atoms with E-state index in [-0.39, 0.29) is 11.8 Å². The van der Waals surface area contributed by atoms with Gasteiger partial charge in [0.2, 0.25) is 0 Å². The molecular weight excluding hydrogens is 244 g/mol. The predicted octanol–water partition coefficient (Wildman–Crippen LogP) is 1.79. The zero-order valence-corrected chi connectivity index (χ0v) is 11.3. The van der Waals surface area contributed by atoms with E-state index in [0.717, 1.165) is 19.3 Å². The molecule has 0 bridgehead atoms. The monoisotopic (exact) mass is 264 g/mol. The second kappa shape index (κ2) is 5.07. The molecule has 2 rings (SSSR count). The van der Waals surface area contributed by atoms with Crippen LogP contribution < -0.4 is 5.32 Å². The molecule has 1 amide bonds. The number of rotatable bonds is 3. The van der Waals surface area contributed by atoms with Crippen molar-refractivity contribution in [2.75, 3.05) is 0 Å². The van der Waals surface area contributed by atoms with Crippen molar-refractivity contribution < 1.29 is 14.7 Å². The Balaban J connectivity index is 2.24. The van der Waals surface area contributed by atoms with Crippen LogP contribution in [0.15, 0.2) is 18.3 Å². The molecular formula is C14H20N2O3. The molecule has 1 aromatic heterocycles. The van der Waals surface area contributed by atoms with Gasteiger partial charge in [-0.15, -0.1) is 0 Å². The van der Waals surface area contributed by atoms with E-state index in [0.29, 0.717) is 12.1 Å². The standard InChI is InChI=1S/C14H20N2O3/c1-10-6-3-4-8-14(10,13(18)19)15-12(17)11-7-5-9-16(11)2/h5,7,9-10H,3-4,6,8H2,1-2H3,(H,15,17)(H,18,19). The first kappa shape index (κ1) is 13.6. The van der Waals surface area contributed by atoms with Crippen LogP contribution in [0.1, 0.15) is 43.1 Å². The number of nitrogens with zero attached hydrogens (tertiary/aromatic N) is 1. The van der Waals surface area contributed by atoms with E-state index in [1.807, 2.05) is 6.92 Å². The Hall–Kier alpha value is -1.78. The molecule has 2 N–H and O–H groups in total. The number of amides is 1. The first-order valence-electron chi connectivity index (χ1n) is 6.64. The molecule has 19 heavy (non-hydrogen) atoms. The van der Waals surface area contributed by atoms with Crippen LogP contribution in [0.5, 0.6) is 0 Å². The van der Waals surface area contributed by atoms with E-state index in [2.05, 4.69) is 5.32 Å². The van der Waals surface area contributed by atoms with Crippen LogP contribution in [0.25, 0.3) is 0 Å². The number of hydrogen-bond acceptors (Lipinski definition) is 2. The van der Waals surface area contributed by atoms with Gasteiger partial charge in [-0.05, 0) is 30.9 Å². The maximum absolute atomic E-state index is 12.3. The van der Waals surface area contributed by atoms with Crippen LogP contribution >= 0.6 is 0 Å². The number of aliphatic carboxylic acids is 1. The Kier molecular flexibility index (Phi) is 3.64. The maximum Gasteiger partial charge on any atom is 0.329 e. The van der Waals surface area contributed by atoms with Crippen molar-refractivity contribution >= 4 is 11.9 Å². The number of carboxylic acid groups (broad SMARTS) is 1. The lowest BCUT2D eigenvalue weighted by Gasteiger charge is -2.39. The summed E-state index contributed by atoms with van der Waals surface area (Å²) in [6.45, 7) is 1.90. The minimum atomic E-state index is -1.13. The summed E-state index contributed by atoms with van der Waals surface area (Å²) in [5.74, 6) is -1.30. The van der Waals surface area contributed by atoms with E-state index in [9.17, 15) is 14.7 Å². The number of carboxylic acids is 1. The van der Waals surface area contributed by atoms with Crippen LogP contribution in [0.3, 0.4) is 0 Å². The van der Waals surface area contributed by atoms with Gasteiger partial charge in [-0.3, -0.25) is 4.79 Å². The number of carbonyl (C=O) groups is 2. The van der Waals surface area contributed by atoms with Gasteiger partial charge in [0.05, 0.1) is 0 Å². The van der Waals surface area contributed by atoms with Gasteiger partial charge < -0.3 is 15.0 Å². The topological polar surface area (TPSA) is 71.3 Å². The van der Waals surface area contributed by atoms with Crippen molar-refractivity contribution in [1.82, 2.24) is 9.88 Å². The molecule has 0 radical (unpaired) electrons. The van der Waals surface area contributed by atoms with Crippen molar-refractivity contribution in [2.24, 2.45) is 13.0 Å². The van der Waals surface area contributed by atoms with Gasteiger partial charge in [0.1, 0.15) is 11.2 Å². The molecule has 1 saturated carbocycles. The molecule has 5 nitrogen and oxygen atoms in total. The van der Waals surface area contributed by atoms with Gasteiger partial charge in [0, 0.05) is 13.2 Å². The Bertz CT molecular complexity index is 495. The molecule has 104 valence electrons. The average Bonchev–Trinajstić information content (AvgIpc) is 2.78. The Morgan fingerprint density at radius 3 is 2.74 bits per heavy atom. The number of aromatic nitrogens is 1. The summed E-state index contributed by atoms with van der Waals surface area (Å²) in [6.07, 6.45) is 4.96. The summed E-state index contributed by atoms with van der Waals surface area (Å²) in [4.78, 5) is 23.9. The third-order valence-corrected chi connectivity index (χ3v) is 4.19. The molecule has 2 unspecified atom stereocenters. The maximum atomic E-state index is 12.3. The number of aryl methyl sites for hydroxylation is 1. The van der Waals surface area contributed by atoms with Crippen LogP contribution in [-0.2, 0) is 11.8 Å². The SMILES string of the molecule is CC1CCCCC1(NC(=O)c1cccn1C)C(=O)O. The van der Waals surface area contributed by atoms with Crippen molar-refractivity contribution in [3.8, 4) is 0 Å². The van der Waals surface area contributed by atoms with Crippen LogP contribution in [-0.4, -0.2) is 27.1 Å². The summed E-state index contributed by atoms with van der Waals surface area (Å²) < 4.78 is 1.69. The highest BCUT2D eigenvalue weighted by Gasteiger charge is 2.46. The Labute approximate surface area is 112 Å². The molecule has 0 aromatic carbocycles. The number of nitrogens with one attached hydrogen (secondary N) is 1. The largest absolute Gasteiger partial charge is 0.479 e. The fourth-order valence-corrected chi connectivity index (χ4v) is 2.87. The Morgan fingerprint density at radius 2 is 2.21 bits per heavy atom. The van der Waals surface area contributed by atoms with Crippen molar-refractivity contribution in [3.63, 3.8) is 0 Å². The molecule has 1 fully saturated rings. The summed E-state index contributed by atoms with van der Waals surface area (Å²) in [5, 5.41) is 12.3. The van der Waals surface area contributed by atoms with Gasteiger partial charge in [-0.2, -0.15) is 0 Å². The highest BCUT2D eigenvalue weighted by Crippen LogP contribution is 2.34. The molecule has 1 aliphatic rings. The fraction of sp³-hybridized carbons (Fsp3) is 0.571. The van der Waals surface area contributed by atoms with Crippen LogP contribution in [0, 0.1) is 5.92 Å². The number of carbonyl (C=O) groups excluding carboxylic acids is 1. The molecule has 0 spiro atoms. The number of hydrogen-bond donors (Lipinski definition) is 2. The molecule has 5 heteroatoms. The zero-order valence-electron chi connectivity index (χ0n) is 11.3. The molecule has 1 aliphatic carbocycles. The third kappa shape index (κ3) is 2.37. The van der Waals surface area contributed by atoms with E-state index < -0.39 is 11.5 Å². The van der Waals surface area contributed by atoms with Crippen molar-refractivity contribution in [2.45, 2.75) is 38.1 Å². The first-order chi connectivity index (χ1) is 8.97. The van der Waals surface area contributed by atoms with E-state index in [4.69, 9.17) is 0 Å². The molecule has 1 aromatic rings. The lowest BCUT2D eigenvalue weighted by atomic mass is 9.73. The quantitative estimate of drug-likeness (QED) is 0.874. The zero-order chi connectivity index (χ0) is 14.0. The summed E-state index contributed by atoms with van der Waals surface area (Å²) in [6, 6.07) is 3.46. The second-order valence-corrected chi connectivity index (χ2v) is 5.38. The smallest absolute Gasteiger partial charge is 0.329 e. The lowest BCUT2D eigenvalue weighted by Crippen LogP contribution is -2.60. The van der Waals surface area contributed by atoms with Gasteiger partial charge in [0.15, 0.2) is 0 Å². The average molecular weight is 264 g/mol. The third-order valence-electron chi connectivity index (χ3n) is 4.19. The van der Waals surface area contributed by atoms with Gasteiger partial charge in [0.25, 0.3) is 5.91 Å². The van der Waals surface area contributed by atoms with Gasteiger partial charge >= 0.3 is 5.97 Å². The van der Waals surface area contributed by atoms with Crippen molar-refractivity contribution in [3.05, 3.63) is 24.0 Å². The molecule has 2 atom stereocenters. The highest BCUT2D eigenvalue weighted by atomic mass is 16.4. The second-order valence-electron chi connectivity index (χ2n) is 5.38. The van der Waals surface area contributed by atoms with Crippen LogP contribution in [0.4, 0.5) is 0 Å². The lowest BCUT2D eigenvalue weighted by molar-refractivity contribution is -0.148. The minimum Gasteiger partial charge on any atom is -0.479 e. The molecule has 1 heterocycles. The summed E-state index contributed by atoms with van der Waals surface area (Å²) in [5.41, 5.74) is -0.641.